The SMILES string of the molecule is C[Si](C)(C#CC(CC(O)COCc1ccccc1)Sc1ccccc1)c1ccccc1. The third kappa shape index (κ3) is 8.04. The van der Waals surface area contributed by atoms with Gasteiger partial charge in [0.05, 0.1) is 24.6 Å². The van der Waals surface area contributed by atoms with Crippen molar-refractivity contribution in [3.05, 3.63) is 96.6 Å². The standard InChI is InChI=1S/C27H30O2SSi/c1-31(2,27-16-10-5-11-17-27)19-18-26(30-25-14-8-4-9-15-25)20-24(28)22-29-21-23-12-6-3-7-13-23/h3-17,24,26,28H,20-22H2,1-2H3. The highest BCUT2D eigenvalue weighted by Crippen LogP contribution is 2.26. The van der Waals surface area contributed by atoms with Crippen LogP contribution in [-0.2, 0) is 11.3 Å². The Kier molecular flexibility index (Phi) is 8.99. The largest absolute Gasteiger partial charge is 0.391 e. The molecule has 0 fully saturated rings. The molecule has 0 saturated carbocycles. The molecule has 0 bridgehead atoms. The molecule has 0 aromatic heterocycles. The van der Waals surface area contributed by atoms with Gasteiger partial charge in [-0.25, -0.2) is 0 Å². The second-order valence-electron chi connectivity index (χ2n) is 8.07. The van der Waals surface area contributed by atoms with Crippen LogP contribution in [0.5, 0.6) is 0 Å². The van der Waals surface area contributed by atoms with E-state index in [4.69, 9.17) is 4.74 Å². The van der Waals surface area contributed by atoms with Crippen molar-refractivity contribution in [3.63, 3.8) is 0 Å². The van der Waals surface area contributed by atoms with Crippen molar-refractivity contribution in [2.75, 3.05) is 6.61 Å². The Labute approximate surface area is 191 Å². The summed E-state index contributed by atoms with van der Waals surface area (Å²) in [6.45, 7) is 5.37. The van der Waals surface area contributed by atoms with E-state index in [1.54, 1.807) is 11.8 Å². The zero-order chi connectivity index (χ0) is 21.9. The summed E-state index contributed by atoms with van der Waals surface area (Å²) in [5, 5.41) is 12.0. The van der Waals surface area contributed by atoms with E-state index in [-0.39, 0.29) is 5.25 Å². The van der Waals surface area contributed by atoms with Gasteiger partial charge in [0.15, 0.2) is 8.07 Å². The van der Waals surface area contributed by atoms with Crippen LogP contribution in [0.2, 0.25) is 13.1 Å². The van der Waals surface area contributed by atoms with Crippen LogP contribution in [0.15, 0.2) is 95.9 Å². The number of rotatable bonds is 9. The average Bonchev–Trinajstić information content (AvgIpc) is 2.79. The van der Waals surface area contributed by atoms with E-state index >= 15 is 0 Å². The second kappa shape index (κ2) is 11.9. The van der Waals surface area contributed by atoms with E-state index in [0.29, 0.717) is 19.6 Å². The highest BCUT2D eigenvalue weighted by molar-refractivity contribution is 8.00. The number of aliphatic hydroxyl groups is 1. The Hall–Kier alpha value is -2.29. The molecule has 0 radical (unpaired) electrons. The molecular formula is C27H30O2SSi. The van der Waals surface area contributed by atoms with E-state index in [9.17, 15) is 5.11 Å². The van der Waals surface area contributed by atoms with Crippen molar-refractivity contribution < 1.29 is 9.84 Å². The molecular weight excluding hydrogens is 416 g/mol. The van der Waals surface area contributed by atoms with Crippen LogP contribution in [0.4, 0.5) is 0 Å². The number of benzene rings is 3. The van der Waals surface area contributed by atoms with Gasteiger partial charge >= 0.3 is 0 Å². The lowest BCUT2D eigenvalue weighted by molar-refractivity contribution is 0.0259. The van der Waals surface area contributed by atoms with Crippen molar-refractivity contribution in [1.29, 1.82) is 0 Å². The van der Waals surface area contributed by atoms with Crippen molar-refractivity contribution in [3.8, 4) is 11.5 Å². The summed E-state index contributed by atoms with van der Waals surface area (Å²) in [6, 6.07) is 30.9. The molecule has 3 rings (SSSR count). The van der Waals surface area contributed by atoms with Crippen molar-refractivity contribution in [2.24, 2.45) is 0 Å². The molecule has 3 aromatic rings. The summed E-state index contributed by atoms with van der Waals surface area (Å²) in [7, 11) is -1.87. The molecule has 0 aliphatic carbocycles. The predicted molar refractivity (Wildman–Crippen MR) is 134 cm³/mol. The summed E-state index contributed by atoms with van der Waals surface area (Å²) in [5.41, 5.74) is 4.71. The van der Waals surface area contributed by atoms with Gasteiger partial charge in [-0.1, -0.05) is 97.9 Å². The van der Waals surface area contributed by atoms with Gasteiger partial charge in [-0.05, 0) is 29.3 Å². The molecule has 0 saturated heterocycles. The van der Waals surface area contributed by atoms with Crippen LogP contribution in [0, 0.1) is 11.5 Å². The van der Waals surface area contributed by atoms with Gasteiger partial charge in [-0.15, -0.1) is 17.3 Å². The topological polar surface area (TPSA) is 29.5 Å². The van der Waals surface area contributed by atoms with Gasteiger partial charge in [-0.3, -0.25) is 0 Å². The first kappa shape index (κ1) is 23.4. The lowest BCUT2D eigenvalue weighted by Crippen LogP contribution is -2.40. The molecule has 1 N–H and O–H groups in total. The summed E-state index contributed by atoms with van der Waals surface area (Å²) >= 11 is 1.72. The minimum absolute atomic E-state index is 0.00760. The molecule has 2 nitrogen and oxygen atoms in total. The predicted octanol–water partition coefficient (Wildman–Crippen LogP) is 5.27. The lowest BCUT2D eigenvalue weighted by Gasteiger charge is -2.18. The third-order valence-corrected chi connectivity index (χ3v) is 8.66. The minimum Gasteiger partial charge on any atom is -0.391 e. The van der Waals surface area contributed by atoms with E-state index in [0.717, 1.165) is 5.56 Å². The number of ether oxygens (including phenoxy) is 1. The van der Waals surface area contributed by atoms with E-state index < -0.39 is 14.2 Å². The monoisotopic (exact) mass is 446 g/mol. The van der Waals surface area contributed by atoms with Gasteiger partial charge in [0, 0.05) is 4.90 Å². The van der Waals surface area contributed by atoms with Crippen LogP contribution < -0.4 is 5.19 Å². The lowest BCUT2D eigenvalue weighted by atomic mass is 10.2. The zero-order valence-corrected chi connectivity index (χ0v) is 20.0. The number of hydrogen-bond acceptors (Lipinski definition) is 3. The van der Waals surface area contributed by atoms with Crippen molar-refractivity contribution in [1.82, 2.24) is 0 Å². The molecule has 0 aliphatic heterocycles. The van der Waals surface area contributed by atoms with Gasteiger partial charge in [0.25, 0.3) is 0 Å². The first-order valence-electron chi connectivity index (χ1n) is 10.6. The van der Waals surface area contributed by atoms with Crippen LogP contribution in [0.3, 0.4) is 0 Å². The normalized spacial score (nSPS) is 13.1. The summed E-state index contributed by atoms with van der Waals surface area (Å²) < 4.78 is 5.75. The molecule has 0 amide bonds. The van der Waals surface area contributed by atoms with Gasteiger partial charge in [0.2, 0.25) is 0 Å². The Morgan fingerprint density at radius 1 is 0.871 bits per heavy atom. The first-order valence-corrected chi connectivity index (χ1v) is 14.5. The van der Waals surface area contributed by atoms with E-state index in [1.807, 2.05) is 54.6 Å². The summed E-state index contributed by atoms with van der Waals surface area (Å²) in [4.78, 5) is 1.17. The Balaban J connectivity index is 1.65. The second-order valence-corrected chi connectivity index (χ2v) is 13.4. The third-order valence-electron chi connectivity index (χ3n) is 4.97. The van der Waals surface area contributed by atoms with Crippen LogP contribution >= 0.6 is 11.8 Å². The summed E-state index contributed by atoms with van der Waals surface area (Å²) in [5.74, 6) is 3.51. The van der Waals surface area contributed by atoms with Crippen LogP contribution in [0.1, 0.15) is 12.0 Å². The maximum absolute atomic E-state index is 10.6. The zero-order valence-electron chi connectivity index (χ0n) is 18.2. The van der Waals surface area contributed by atoms with Crippen molar-refractivity contribution in [2.45, 2.75) is 42.4 Å². The highest BCUT2D eigenvalue weighted by atomic mass is 32.2. The molecule has 0 aliphatic rings. The molecule has 2 unspecified atom stereocenters. The molecule has 31 heavy (non-hydrogen) atoms. The molecule has 0 heterocycles. The van der Waals surface area contributed by atoms with Crippen LogP contribution in [0.25, 0.3) is 0 Å². The Morgan fingerprint density at radius 2 is 1.45 bits per heavy atom. The number of hydrogen-bond donors (Lipinski definition) is 1. The smallest absolute Gasteiger partial charge is 0.162 e. The highest BCUT2D eigenvalue weighted by Gasteiger charge is 2.22. The van der Waals surface area contributed by atoms with Gasteiger partial charge in [-0.2, -0.15) is 0 Å². The maximum Gasteiger partial charge on any atom is 0.162 e. The fourth-order valence-electron chi connectivity index (χ4n) is 3.19. The van der Waals surface area contributed by atoms with Crippen LogP contribution in [-0.4, -0.2) is 31.1 Å². The molecule has 2 atom stereocenters. The quantitative estimate of drug-likeness (QED) is 0.276. The number of aliphatic hydroxyl groups excluding tert-OH is 1. The van der Waals surface area contributed by atoms with E-state index in [2.05, 4.69) is 61.0 Å². The van der Waals surface area contributed by atoms with E-state index in [1.165, 1.54) is 10.1 Å². The molecule has 0 spiro atoms. The minimum atomic E-state index is -1.87. The first-order chi connectivity index (χ1) is 15.0. The Morgan fingerprint density at radius 3 is 2.10 bits per heavy atom. The van der Waals surface area contributed by atoms with Crippen molar-refractivity contribution >= 4 is 25.0 Å². The fourth-order valence-corrected chi connectivity index (χ4v) is 6.08. The molecule has 4 heteroatoms. The maximum atomic E-state index is 10.6. The molecule has 160 valence electrons. The van der Waals surface area contributed by atoms with Gasteiger partial charge in [0.1, 0.15) is 0 Å². The fraction of sp³-hybridized carbons (Fsp3) is 0.259. The number of thioether (sulfide) groups is 1. The Bertz CT molecular complexity index is 966. The summed E-state index contributed by atoms with van der Waals surface area (Å²) in [6.07, 6.45) is 0.0152. The average molecular weight is 447 g/mol. The van der Waals surface area contributed by atoms with Gasteiger partial charge < -0.3 is 9.84 Å². The molecule has 3 aromatic carbocycles.